The molecule has 0 amide bonds. The number of carbonyl (C=O) groups is 1. The number of carboxylic acids is 1. The molecule has 9 heteroatoms. The zero-order valence-electron chi connectivity index (χ0n) is 15.4. The van der Waals surface area contributed by atoms with E-state index in [2.05, 4.69) is 10.3 Å². The zero-order valence-corrected chi connectivity index (χ0v) is 15.4. The molecule has 3 aromatic rings. The Hall–Kier alpha value is -4.01. The van der Waals surface area contributed by atoms with Gasteiger partial charge in [-0.3, -0.25) is 19.5 Å². The van der Waals surface area contributed by atoms with Crippen molar-refractivity contribution >= 4 is 39.9 Å². The molecule has 0 unspecified atom stereocenters. The predicted molar refractivity (Wildman–Crippen MR) is 108 cm³/mol. The van der Waals surface area contributed by atoms with Crippen LogP contribution in [-0.4, -0.2) is 32.6 Å². The number of nitrogens with one attached hydrogen (secondary N) is 1. The third kappa shape index (κ3) is 3.12. The van der Waals surface area contributed by atoms with Gasteiger partial charge in [0.05, 0.1) is 21.4 Å². The Morgan fingerprint density at radius 3 is 2.79 bits per heavy atom. The van der Waals surface area contributed by atoms with Gasteiger partial charge < -0.3 is 10.4 Å². The van der Waals surface area contributed by atoms with Crippen molar-refractivity contribution < 1.29 is 14.8 Å². The van der Waals surface area contributed by atoms with Crippen LogP contribution in [-0.2, 0) is 6.54 Å². The van der Waals surface area contributed by atoms with Gasteiger partial charge in [0.15, 0.2) is 0 Å². The van der Waals surface area contributed by atoms with Crippen molar-refractivity contribution in [1.29, 1.82) is 0 Å². The van der Waals surface area contributed by atoms with Crippen LogP contribution < -0.4 is 10.9 Å². The highest BCUT2D eigenvalue weighted by Crippen LogP contribution is 2.31. The van der Waals surface area contributed by atoms with Crippen LogP contribution in [0.4, 0.5) is 11.4 Å². The summed E-state index contributed by atoms with van der Waals surface area (Å²) in [5.41, 5.74) is 1.87. The van der Waals surface area contributed by atoms with Crippen LogP contribution in [0, 0.1) is 10.1 Å². The highest BCUT2D eigenvalue weighted by molar-refractivity contribution is 5.93. The number of nitro benzene ring substituents is 1. The van der Waals surface area contributed by atoms with Crippen molar-refractivity contribution in [3.63, 3.8) is 0 Å². The number of aromatic carboxylic acids is 1. The van der Waals surface area contributed by atoms with Crippen LogP contribution in [0.3, 0.4) is 0 Å². The van der Waals surface area contributed by atoms with Crippen molar-refractivity contribution in [3.8, 4) is 0 Å². The lowest BCUT2D eigenvalue weighted by Gasteiger charge is -2.07. The van der Waals surface area contributed by atoms with Gasteiger partial charge >= 0.3 is 5.97 Å². The van der Waals surface area contributed by atoms with Gasteiger partial charge in [-0.25, -0.2) is 9.78 Å². The first-order valence-corrected chi connectivity index (χ1v) is 8.84. The molecule has 0 fully saturated rings. The lowest BCUT2D eigenvalue weighted by molar-refractivity contribution is -0.383. The van der Waals surface area contributed by atoms with E-state index in [1.54, 1.807) is 29.8 Å². The van der Waals surface area contributed by atoms with Gasteiger partial charge in [-0.05, 0) is 47.9 Å². The zero-order chi connectivity index (χ0) is 20.7. The normalized spacial score (nSPS) is 14.2. The number of hydrogen-bond acceptors (Lipinski definition) is 6. The highest BCUT2D eigenvalue weighted by Gasteiger charge is 2.22. The smallest absolute Gasteiger partial charge is 0.335 e. The van der Waals surface area contributed by atoms with E-state index in [9.17, 15) is 24.8 Å². The first-order valence-electron chi connectivity index (χ1n) is 8.84. The number of hydrogen-bond donors (Lipinski definition) is 2. The van der Waals surface area contributed by atoms with Gasteiger partial charge in [-0.1, -0.05) is 6.07 Å². The molecule has 1 aliphatic rings. The largest absolute Gasteiger partial charge is 0.478 e. The van der Waals surface area contributed by atoms with Crippen LogP contribution in [0.25, 0.3) is 22.6 Å². The minimum atomic E-state index is -1.10. The number of nitro groups is 1. The fraction of sp³-hybridized carbons (Fsp3) is 0.150. The van der Waals surface area contributed by atoms with Crippen molar-refractivity contribution in [1.82, 2.24) is 9.55 Å². The average Bonchev–Trinajstić information content (AvgIpc) is 3.10. The van der Waals surface area contributed by atoms with Crippen LogP contribution in [0.5, 0.6) is 0 Å². The highest BCUT2D eigenvalue weighted by atomic mass is 16.6. The van der Waals surface area contributed by atoms with Gasteiger partial charge in [0.1, 0.15) is 11.5 Å². The Labute approximate surface area is 164 Å². The second-order valence-corrected chi connectivity index (χ2v) is 6.63. The van der Waals surface area contributed by atoms with Gasteiger partial charge in [0.2, 0.25) is 0 Å². The second-order valence-electron chi connectivity index (χ2n) is 6.63. The molecule has 9 nitrogen and oxygen atoms in total. The standard InChI is InChI=1S/C20H16N4O5/c1-21-15-5-2-11(9-17(15)24(28)29)8-12-6-7-23-18(12)22-16-10-13(20(26)27)3-4-14(16)19(23)25/h2-5,8-10,21H,6-7H2,1H3,(H,26,27)/b12-8+. The maximum absolute atomic E-state index is 12.8. The summed E-state index contributed by atoms with van der Waals surface area (Å²) < 4.78 is 1.55. The fourth-order valence-electron chi connectivity index (χ4n) is 3.49. The number of anilines is 1. The van der Waals surface area contributed by atoms with Crippen LogP contribution >= 0.6 is 0 Å². The molecule has 29 heavy (non-hydrogen) atoms. The third-order valence-electron chi connectivity index (χ3n) is 4.92. The molecular formula is C20H16N4O5. The predicted octanol–water partition coefficient (Wildman–Crippen LogP) is 2.99. The minimum absolute atomic E-state index is 0.0465. The molecule has 0 radical (unpaired) electrons. The summed E-state index contributed by atoms with van der Waals surface area (Å²) in [7, 11) is 1.61. The van der Waals surface area contributed by atoms with Gasteiger partial charge in [0.25, 0.3) is 11.2 Å². The van der Waals surface area contributed by atoms with Crippen molar-refractivity contribution in [2.45, 2.75) is 13.0 Å². The monoisotopic (exact) mass is 392 g/mol. The number of benzene rings is 2. The maximum Gasteiger partial charge on any atom is 0.335 e. The molecule has 0 spiro atoms. The second kappa shape index (κ2) is 6.86. The molecule has 0 saturated carbocycles. The summed E-state index contributed by atoms with van der Waals surface area (Å²) in [5, 5.41) is 23.6. The lowest BCUT2D eigenvalue weighted by atomic mass is 10.1. The molecule has 2 heterocycles. The topological polar surface area (TPSA) is 127 Å². The van der Waals surface area contributed by atoms with Crippen LogP contribution in [0.1, 0.15) is 28.2 Å². The van der Waals surface area contributed by atoms with E-state index < -0.39 is 10.9 Å². The molecule has 0 saturated heterocycles. The summed E-state index contributed by atoms with van der Waals surface area (Å²) in [4.78, 5) is 39.3. The molecule has 0 aliphatic carbocycles. The van der Waals surface area contributed by atoms with E-state index in [0.717, 1.165) is 5.57 Å². The molecule has 2 aromatic carbocycles. The molecule has 0 atom stereocenters. The van der Waals surface area contributed by atoms with Gasteiger partial charge in [-0.2, -0.15) is 0 Å². The SMILES string of the molecule is CNc1ccc(/C=C2\CCn3c2nc2cc(C(=O)O)ccc2c3=O)cc1[N+](=O)[O-]. The van der Waals surface area contributed by atoms with E-state index in [-0.39, 0.29) is 16.8 Å². The van der Waals surface area contributed by atoms with Crippen molar-refractivity contribution in [2.24, 2.45) is 0 Å². The van der Waals surface area contributed by atoms with Gasteiger partial charge in [-0.15, -0.1) is 0 Å². The summed E-state index contributed by atoms with van der Waals surface area (Å²) in [6.45, 7) is 0.445. The number of allylic oxidation sites excluding steroid dienone is 1. The third-order valence-corrected chi connectivity index (χ3v) is 4.92. The summed E-state index contributed by atoms with van der Waals surface area (Å²) in [6, 6.07) is 9.07. The molecule has 4 rings (SSSR count). The Balaban J connectivity index is 1.85. The maximum atomic E-state index is 12.8. The van der Waals surface area contributed by atoms with Crippen molar-refractivity contribution in [3.05, 3.63) is 73.8 Å². The lowest BCUT2D eigenvalue weighted by Crippen LogP contribution is -2.21. The minimum Gasteiger partial charge on any atom is -0.478 e. The quantitative estimate of drug-likeness (QED) is 0.516. The first-order chi connectivity index (χ1) is 13.9. The Morgan fingerprint density at radius 2 is 2.10 bits per heavy atom. The fourth-order valence-corrected chi connectivity index (χ4v) is 3.49. The molecule has 1 aromatic heterocycles. The van der Waals surface area contributed by atoms with Crippen molar-refractivity contribution in [2.75, 3.05) is 12.4 Å². The number of nitrogens with zero attached hydrogens (tertiary/aromatic N) is 3. The average molecular weight is 392 g/mol. The van der Waals surface area contributed by atoms with E-state index in [1.165, 1.54) is 24.3 Å². The number of fused-ring (bicyclic) bond motifs is 2. The summed E-state index contributed by atoms with van der Waals surface area (Å²) in [6.07, 6.45) is 2.32. The Bertz CT molecular complexity index is 1280. The molecule has 2 N–H and O–H groups in total. The van der Waals surface area contributed by atoms with E-state index in [1.807, 2.05) is 0 Å². The van der Waals surface area contributed by atoms with E-state index in [0.29, 0.717) is 40.9 Å². The summed E-state index contributed by atoms with van der Waals surface area (Å²) in [5.74, 6) is -0.646. The Morgan fingerprint density at radius 1 is 1.31 bits per heavy atom. The molecule has 0 bridgehead atoms. The van der Waals surface area contributed by atoms with E-state index >= 15 is 0 Å². The van der Waals surface area contributed by atoms with E-state index in [4.69, 9.17) is 0 Å². The Kier molecular flexibility index (Phi) is 4.34. The van der Waals surface area contributed by atoms with Crippen LogP contribution in [0.15, 0.2) is 41.2 Å². The summed E-state index contributed by atoms with van der Waals surface area (Å²) >= 11 is 0. The number of rotatable bonds is 4. The molecule has 146 valence electrons. The number of carboxylic acid groups (broad SMARTS) is 1. The molecular weight excluding hydrogens is 376 g/mol. The van der Waals surface area contributed by atoms with Crippen LogP contribution in [0.2, 0.25) is 0 Å². The van der Waals surface area contributed by atoms with Gasteiger partial charge in [0, 0.05) is 19.7 Å². The first kappa shape index (κ1) is 18.4. The molecule has 1 aliphatic heterocycles. The number of aromatic nitrogens is 2.